The van der Waals surface area contributed by atoms with Crippen LogP contribution >= 0.6 is 22.7 Å². The quantitative estimate of drug-likeness (QED) is 0.171. The highest BCUT2D eigenvalue weighted by Gasteiger charge is 2.48. The Kier molecular flexibility index (Phi) is 7.12. The molecule has 2 aliphatic heterocycles. The summed E-state index contributed by atoms with van der Waals surface area (Å²) in [4.78, 5) is 5.06. The van der Waals surface area contributed by atoms with Crippen LogP contribution in [-0.4, -0.2) is 0 Å². The molecule has 2 nitrogen and oxygen atoms in total. The monoisotopic (exact) mass is 820 g/mol. The summed E-state index contributed by atoms with van der Waals surface area (Å²) in [6, 6.07) is 50.5. The Morgan fingerprint density at radius 2 is 1.03 bits per heavy atom. The third-order valence-corrected chi connectivity index (χ3v) is 16.8. The summed E-state index contributed by atoms with van der Waals surface area (Å²) in [6.45, 7) is 12.1. The van der Waals surface area contributed by atoms with Crippen molar-refractivity contribution < 1.29 is 0 Å². The summed E-state index contributed by atoms with van der Waals surface area (Å²) in [5, 5.41) is 7.95. The van der Waals surface area contributed by atoms with Crippen molar-refractivity contribution in [2.45, 2.75) is 45.4 Å². The SMILES string of the molecule is CC1(C)C2=C(C=CC3(C)C=CC=CC23)N(c2ccccc2)c2cc3c(cc21)sc1cc2c(cc13)sc1cc3c(cc12)N(c1ccccc1)c1ccc2ccccc2c1C3(C)C. The van der Waals surface area contributed by atoms with Gasteiger partial charge >= 0.3 is 0 Å². The normalized spacial score (nSPS) is 20.7. The van der Waals surface area contributed by atoms with Crippen LogP contribution in [0.5, 0.6) is 0 Å². The van der Waals surface area contributed by atoms with Gasteiger partial charge in [-0.25, -0.2) is 0 Å². The molecule has 61 heavy (non-hydrogen) atoms. The third kappa shape index (κ3) is 4.78. The Hall–Kier alpha value is -6.20. The molecule has 2 unspecified atom stereocenters. The first-order valence-electron chi connectivity index (χ1n) is 21.5. The highest BCUT2D eigenvalue weighted by molar-refractivity contribution is 7.27. The molecule has 0 N–H and O–H groups in total. The number of benzene rings is 7. The average molecular weight is 821 g/mol. The predicted octanol–water partition coefficient (Wildman–Crippen LogP) is 16.7. The van der Waals surface area contributed by atoms with Crippen molar-refractivity contribution in [3.05, 3.63) is 198 Å². The van der Waals surface area contributed by atoms with E-state index < -0.39 is 0 Å². The summed E-state index contributed by atoms with van der Waals surface area (Å²) in [5.74, 6) is 0.284. The maximum atomic E-state index is 2.55. The van der Waals surface area contributed by atoms with E-state index in [1.807, 2.05) is 22.7 Å². The van der Waals surface area contributed by atoms with Gasteiger partial charge < -0.3 is 9.80 Å². The second kappa shape index (κ2) is 12.2. The zero-order valence-corrected chi connectivity index (χ0v) is 36.6. The van der Waals surface area contributed by atoms with E-state index in [4.69, 9.17) is 0 Å². The van der Waals surface area contributed by atoms with Crippen molar-refractivity contribution in [3.63, 3.8) is 0 Å². The fraction of sp³-hybridized carbons (Fsp3) is 0.158. The number of fused-ring (bicyclic) bond motifs is 13. The van der Waals surface area contributed by atoms with Gasteiger partial charge in [-0.15, -0.1) is 22.7 Å². The van der Waals surface area contributed by atoms with Crippen LogP contribution in [-0.2, 0) is 10.8 Å². The van der Waals surface area contributed by atoms with Crippen LogP contribution in [0, 0.1) is 11.3 Å². The summed E-state index contributed by atoms with van der Waals surface area (Å²) in [5.41, 5.74) is 12.7. The minimum absolute atomic E-state index is 0.0498. The maximum absolute atomic E-state index is 2.55. The molecule has 2 aromatic heterocycles. The van der Waals surface area contributed by atoms with Crippen LogP contribution in [0.2, 0.25) is 0 Å². The van der Waals surface area contributed by atoms with Gasteiger partial charge in [0.1, 0.15) is 0 Å². The lowest BCUT2D eigenvalue weighted by Crippen LogP contribution is -2.42. The molecular formula is C57H44N2S2. The Labute approximate surface area is 364 Å². The smallest absolute Gasteiger partial charge is 0.0509 e. The fourth-order valence-electron chi connectivity index (χ4n) is 11.6. The van der Waals surface area contributed by atoms with Crippen molar-refractivity contribution >= 4 is 102 Å². The summed E-state index contributed by atoms with van der Waals surface area (Å²) < 4.78 is 5.38. The zero-order valence-electron chi connectivity index (χ0n) is 35.0. The first-order valence-corrected chi connectivity index (χ1v) is 23.2. The minimum Gasteiger partial charge on any atom is -0.310 e. The maximum Gasteiger partial charge on any atom is 0.0509 e. The average Bonchev–Trinajstić information content (AvgIpc) is 3.81. The van der Waals surface area contributed by atoms with E-state index in [1.54, 1.807) is 0 Å². The number of nitrogens with zero attached hydrogens (tertiary/aromatic N) is 2. The second-order valence-electron chi connectivity index (χ2n) is 18.8. The van der Waals surface area contributed by atoms with Crippen LogP contribution in [0.25, 0.3) is 51.1 Å². The number of thiophene rings is 2. The summed E-state index contributed by atoms with van der Waals surface area (Å²) in [7, 11) is 0. The number of rotatable bonds is 2. The molecule has 0 spiro atoms. The molecule has 0 saturated carbocycles. The highest BCUT2D eigenvalue weighted by Crippen LogP contribution is 2.60. The Balaban J connectivity index is 1.03. The van der Waals surface area contributed by atoms with Crippen molar-refractivity contribution in [2.24, 2.45) is 11.3 Å². The molecule has 0 radical (unpaired) electrons. The number of hydrogen-bond donors (Lipinski definition) is 0. The fourth-order valence-corrected chi connectivity index (χ4v) is 13.9. The topological polar surface area (TPSA) is 6.48 Å². The Morgan fingerprint density at radius 3 is 1.70 bits per heavy atom. The van der Waals surface area contributed by atoms with Crippen molar-refractivity contribution in [3.8, 4) is 0 Å². The lowest BCUT2D eigenvalue weighted by atomic mass is 9.58. The van der Waals surface area contributed by atoms with Crippen LogP contribution in [0.15, 0.2) is 181 Å². The molecule has 4 heteroatoms. The van der Waals surface area contributed by atoms with Crippen LogP contribution in [0.3, 0.4) is 0 Å². The second-order valence-corrected chi connectivity index (χ2v) is 20.9. The number of para-hydroxylation sites is 2. The molecule has 2 aliphatic carbocycles. The van der Waals surface area contributed by atoms with Crippen LogP contribution in [0.1, 0.15) is 51.3 Å². The van der Waals surface area contributed by atoms with Gasteiger partial charge in [-0.1, -0.05) is 132 Å². The van der Waals surface area contributed by atoms with E-state index in [1.165, 1.54) is 108 Å². The van der Waals surface area contributed by atoms with Gasteiger partial charge in [0.05, 0.1) is 17.1 Å². The molecule has 0 saturated heterocycles. The molecule has 7 aromatic carbocycles. The number of allylic oxidation sites excluding steroid dienone is 7. The largest absolute Gasteiger partial charge is 0.310 e. The van der Waals surface area contributed by atoms with E-state index >= 15 is 0 Å². The number of anilines is 5. The van der Waals surface area contributed by atoms with Crippen molar-refractivity contribution in [2.75, 3.05) is 9.80 Å². The molecule has 9 aromatic rings. The molecule has 13 rings (SSSR count). The third-order valence-electron chi connectivity index (χ3n) is 14.6. The first-order chi connectivity index (χ1) is 29.6. The summed E-state index contributed by atoms with van der Waals surface area (Å²) in [6.07, 6.45) is 14.1. The van der Waals surface area contributed by atoms with Gasteiger partial charge in [0.15, 0.2) is 0 Å². The van der Waals surface area contributed by atoms with Crippen LogP contribution in [0.4, 0.5) is 28.4 Å². The highest BCUT2D eigenvalue weighted by atomic mass is 32.1. The van der Waals surface area contributed by atoms with E-state index in [2.05, 4.69) is 214 Å². The molecule has 0 amide bonds. The predicted molar refractivity (Wildman–Crippen MR) is 264 cm³/mol. The molecule has 4 heterocycles. The van der Waals surface area contributed by atoms with Crippen molar-refractivity contribution in [1.82, 2.24) is 0 Å². The van der Waals surface area contributed by atoms with E-state index in [0.29, 0.717) is 0 Å². The molecule has 0 bridgehead atoms. The van der Waals surface area contributed by atoms with Gasteiger partial charge in [0.2, 0.25) is 0 Å². The van der Waals surface area contributed by atoms with Gasteiger partial charge in [-0.05, 0) is 106 Å². The minimum atomic E-state index is -0.208. The standard InChI is InChI=1S/C57H44N2S2/c1-55(2)43-32-51-38(28-47(43)58(35-17-8-6-9-18-35)45-24-23-34-16-12-13-21-37(34)53(45)55)40-30-50-41(31-49(40)60-51)39-29-48-44(33-52(39)61-50)56(3,4)54-42-22-14-15-26-57(42,5)27-25-46(54)59(48)36-19-10-7-11-20-36/h6-33,42H,1-5H3. The Morgan fingerprint density at radius 1 is 0.475 bits per heavy atom. The Bertz CT molecular complexity index is 3500. The molecule has 0 fully saturated rings. The summed E-state index contributed by atoms with van der Waals surface area (Å²) >= 11 is 3.89. The van der Waals surface area contributed by atoms with Crippen LogP contribution < -0.4 is 9.80 Å². The molecule has 4 aliphatic rings. The van der Waals surface area contributed by atoms with E-state index in [0.717, 1.165) is 0 Å². The lowest BCUT2D eigenvalue weighted by Gasteiger charge is -2.50. The molecule has 294 valence electrons. The zero-order chi connectivity index (χ0) is 41.0. The molecule has 2 atom stereocenters. The van der Waals surface area contributed by atoms with E-state index in [9.17, 15) is 0 Å². The van der Waals surface area contributed by atoms with Gasteiger partial charge in [0, 0.05) is 79.6 Å². The van der Waals surface area contributed by atoms with E-state index in [-0.39, 0.29) is 22.2 Å². The first kappa shape index (κ1) is 35.5. The van der Waals surface area contributed by atoms with Gasteiger partial charge in [-0.2, -0.15) is 0 Å². The lowest BCUT2D eigenvalue weighted by molar-refractivity contribution is 0.378. The number of hydrogen-bond acceptors (Lipinski definition) is 4. The van der Waals surface area contributed by atoms with Crippen molar-refractivity contribution in [1.29, 1.82) is 0 Å². The molecular weight excluding hydrogens is 777 g/mol. The van der Waals surface area contributed by atoms with Gasteiger partial charge in [0.25, 0.3) is 0 Å². The van der Waals surface area contributed by atoms with Gasteiger partial charge in [-0.3, -0.25) is 0 Å².